The van der Waals surface area contributed by atoms with E-state index in [9.17, 15) is 9.59 Å². The van der Waals surface area contributed by atoms with E-state index < -0.39 is 5.76 Å². The molecule has 5 heteroatoms. The number of aromatic amines is 1. The predicted molar refractivity (Wildman–Crippen MR) is 77.6 cm³/mol. The molecule has 0 fully saturated rings. The third-order valence-corrected chi connectivity index (χ3v) is 3.55. The van der Waals surface area contributed by atoms with Gasteiger partial charge in [0.2, 0.25) is 5.91 Å². The third kappa shape index (κ3) is 3.29. The second-order valence-corrected chi connectivity index (χ2v) is 4.90. The molecule has 1 aromatic heterocycles. The van der Waals surface area contributed by atoms with Crippen LogP contribution in [0.2, 0.25) is 0 Å². The van der Waals surface area contributed by atoms with E-state index in [0.717, 1.165) is 24.8 Å². The first-order chi connectivity index (χ1) is 9.63. The molecule has 0 unspecified atom stereocenters. The SMILES string of the molecule is CCC(CC)C(=O)NCCc1ccc2[nH]c(=O)oc2c1. The van der Waals surface area contributed by atoms with Crippen molar-refractivity contribution in [1.29, 1.82) is 0 Å². The van der Waals surface area contributed by atoms with Gasteiger partial charge in [-0.05, 0) is 37.0 Å². The Morgan fingerprint density at radius 1 is 1.35 bits per heavy atom. The molecular weight excluding hydrogens is 256 g/mol. The Bertz CT molecular complexity index is 638. The van der Waals surface area contributed by atoms with Gasteiger partial charge in [0.25, 0.3) is 0 Å². The van der Waals surface area contributed by atoms with E-state index in [1.807, 2.05) is 32.0 Å². The molecule has 0 aliphatic heterocycles. The van der Waals surface area contributed by atoms with Gasteiger partial charge in [-0.25, -0.2) is 4.79 Å². The van der Waals surface area contributed by atoms with Crippen LogP contribution < -0.4 is 11.1 Å². The summed E-state index contributed by atoms with van der Waals surface area (Å²) < 4.78 is 5.01. The molecule has 2 N–H and O–H groups in total. The Balaban J connectivity index is 1.92. The summed E-state index contributed by atoms with van der Waals surface area (Å²) >= 11 is 0. The zero-order valence-electron chi connectivity index (χ0n) is 11.9. The van der Waals surface area contributed by atoms with E-state index >= 15 is 0 Å². The fourth-order valence-electron chi connectivity index (χ4n) is 2.28. The molecule has 1 amide bonds. The summed E-state index contributed by atoms with van der Waals surface area (Å²) in [5.74, 6) is -0.233. The minimum Gasteiger partial charge on any atom is -0.408 e. The minimum atomic E-state index is -0.445. The lowest BCUT2D eigenvalue weighted by Gasteiger charge is -2.12. The monoisotopic (exact) mass is 276 g/mol. The number of hydrogen-bond acceptors (Lipinski definition) is 3. The number of rotatable bonds is 6. The number of benzene rings is 1. The maximum atomic E-state index is 11.8. The molecule has 2 aromatic rings. The number of H-pyrrole nitrogens is 1. The largest absolute Gasteiger partial charge is 0.417 e. The van der Waals surface area contributed by atoms with E-state index in [0.29, 0.717) is 17.6 Å². The maximum Gasteiger partial charge on any atom is 0.417 e. The number of oxazole rings is 1. The maximum absolute atomic E-state index is 11.8. The highest BCUT2D eigenvalue weighted by molar-refractivity contribution is 5.78. The van der Waals surface area contributed by atoms with E-state index in [1.165, 1.54) is 0 Å². The number of fused-ring (bicyclic) bond motifs is 1. The molecule has 0 saturated heterocycles. The van der Waals surface area contributed by atoms with Gasteiger partial charge in [-0.1, -0.05) is 19.9 Å². The van der Waals surface area contributed by atoms with E-state index in [1.54, 1.807) is 0 Å². The Morgan fingerprint density at radius 3 is 2.80 bits per heavy atom. The van der Waals surface area contributed by atoms with Crippen molar-refractivity contribution >= 4 is 17.0 Å². The van der Waals surface area contributed by atoms with Crippen LogP contribution >= 0.6 is 0 Å². The van der Waals surface area contributed by atoms with Crippen LogP contribution in [0.1, 0.15) is 32.3 Å². The Kier molecular flexibility index (Phi) is 4.61. The van der Waals surface area contributed by atoms with Gasteiger partial charge in [0.1, 0.15) is 0 Å². The standard InChI is InChI=1S/C15H20N2O3/c1-3-11(4-2)14(18)16-8-7-10-5-6-12-13(9-10)20-15(19)17-12/h5-6,9,11H,3-4,7-8H2,1-2H3,(H,16,18)(H,17,19). The van der Waals surface area contributed by atoms with Gasteiger partial charge in [0.05, 0.1) is 5.52 Å². The Morgan fingerprint density at radius 2 is 2.10 bits per heavy atom. The summed E-state index contributed by atoms with van der Waals surface area (Å²) in [6.07, 6.45) is 2.45. The van der Waals surface area contributed by atoms with Crippen LogP contribution in [-0.4, -0.2) is 17.4 Å². The highest BCUT2D eigenvalue weighted by Crippen LogP contribution is 2.12. The zero-order valence-corrected chi connectivity index (χ0v) is 11.9. The van der Waals surface area contributed by atoms with Gasteiger partial charge in [-0.2, -0.15) is 0 Å². The van der Waals surface area contributed by atoms with Crippen molar-refractivity contribution in [2.45, 2.75) is 33.1 Å². The van der Waals surface area contributed by atoms with Crippen LogP contribution in [0.3, 0.4) is 0 Å². The number of carbonyl (C=O) groups is 1. The van der Waals surface area contributed by atoms with Crippen molar-refractivity contribution in [2.24, 2.45) is 5.92 Å². The molecule has 0 bridgehead atoms. The van der Waals surface area contributed by atoms with E-state index in [-0.39, 0.29) is 11.8 Å². The molecular formula is C15H20N2O3. The first kappa shape index (κ1) is 14.4. The number of carbonyl (C=O) groups excluding carboxylic acids is 1. The number of aromatic nitrogens is 1. The Hall–Kier alpha value is -2.04. The average Bonchev–Trinajstić information content (AvgIpc) is 2.79. The molecule has 0 atom stereocenters. The quantitative estimate of drug-likeness (QED) is 0.849. The molecule has 0 aliphatic rings. The summed E-state index contributed by atoms with van der Waals surface area (Å²) in [5.41, 5.74) is 2.28. The molecule has 0 spiro atoms. The summed E-state index contributed by atoms with van der Waals surface area (Å²) in [5, 5.41) is 2.95. The second-order valence-electron chi connectivity index (χ2n) is 4.90. The van der Waals surface area contributed by atoms with Crippen molar-refractivity contribution in [2.75, 3.05) is 6.54 Å². The molecule has 0 radical (unpaired) electrons. The topological polar surface area (TPSA) is 75.1 Å². The third-order valence-electron chi connectivity index (χ3n) is 3.55. The van der Waals surface area contributed by atoms with Crippen molar-refractivity contribution in [3.05, 3.63) is 34.3 Å². The van der Waals surface area contributed by atoms with Crippen LogP contribution in [-0.2, 0) is 11.2 Å². The summed E-state index contributed by atoms with van der Waals surface area (Å²) in [4.78, 5) is 25.5. The molecule has 108 valence electrons. The fourth-order valence-corrected chi connectivity index (χ4v) is 2.28. The van der Waals surface area contributed by atoms with Gasteiger partial charge in [0, 0.05) is 12.5 Å². The van der Waals surface area contributed by atoms with Crippen LogP contribution in [0.15, 0.2) is 27.4 Å². The number of hydrogen-bond donors (Lipinski definition) is 2. The summed E-state index contributed by atoms with van der Waals surface area (Å²) in [6.45, 7) is 4.64. The highest BCUT2D eigenvalue weighted by Gasteiger charge is 2.13. The van der Waals surface area contributed by atoms with Gasteiger partial charge in [-0.3, -0.25) is 9.78 Å². The lowest BCUT2D eigenvalue weighted by atomic mass is 10.0. The number of amides is 1. The zero-order chi connectivity index (χ0) is 14.5. The lowest BCUT2D eigenvalue weighted by molar-refractivity contribution is -0.125. The Labute approximate surface area is 117 Å². The smallest absolute Gasteiger partial charge is 0.408 e. The molecule has 5 nitrogen and oxygen atoms in total. The predicted octanol–water partition coefficient (Wildman–Crippen LogP) is 2.22. The van der Waals surface area contributed by atoms with Crippen molar-refractivity contribution in [1.82, 2.24) is 10.3 Å². The van der Waals surface area contributed by atoms with Crippen LogP contribution in [0.4, 0.5) is 0 Å². The fraction of sp³-hybridized carbons (Fsp3) is 0.467. The van der Waals surface area contributed by atoms with E-state index in [2.05, 4.69) is 10.3 Å². The first-order valence-corrected chi connectivity index (χ1v) is 7.03. The van der Waals surface area contributed by atoms with Crippen molar-refractivity contribution < 1.29 is 9.21 Å². The normalized spacial score (nSPS) is 11.2. The van der Waals surface area contributed by atoms with Crippen LogP contribution in [0, 0.1) is 5.92 Å². The van der Waals surface area contributed by atoms with E-state index in [4.69, 9.17) is 4.42 Å². The van der Waals surface area contributed by atoms with Gasteiger partial charge in [-0.15, -0.1) is 0 Å². The molecule has 0 saturated carbocycles. The molecule has 1 heterocycles. The van der Waals surface area contributed by atoms with Crippen molar-refractivity contribution in [3.8, 4) is 0 Å². The number of nitrogens with one attached hydrogen (secondary N) is 2. The van der Waals surface area contributed by atoms with Crippen LogP contribution in [0.25, 0.3) is 11.1 Å². The summed E-state index contributed by atoms with van der Waals surface area (Å²) in [6, 6.07) is 5.58. The lowest BCUT2D eigenvalue weighted by Crippen LogP contribution is -2.31. The van der Waals surface area contributed by atoms with Crippen molar-refractivity contribution in [3.63, 3.8) is 0 Å². The van der Waals surface area contributed by atoms with Gasteiger partial charge < -0.3 is 9.73 Å². The highest BCUT2D eigenvalue weighted by atomic mass is 16.4. The summed E-state index contributed by atoms with van der Waals surface area (Å²) in [7, 11) is 0. The second kappa shape index (κ2) is 6.41. The van der Waals surface area contributed by atoms with Gasteiger partial charge in [0.15, 0.2) is 5.58 Å². The molecule has 1 aromatic carbocycles. The first-order valence-electron chi connectivity index (χ1n) is 7.03. The molecule has 0 aliphatic carbocycles. The minimum absolute atomic E-state index is 0.0974. The molecule has 2 rings (SSSR count). The molecule has 20 heavy (non-hydrogen) atoms. The van der Waals surface area contributed by atoms with Crippen LogP contribution in [0.5, 0.6) is 0 Å². The average molecular weight is 276 g/mol. The van der Waals surface area contributed by atoms with Gasteiger partial charge >= 0.3 is 5.76 Å².